The van der Waals surface area contributed by atoms with Crippen LogP contribution in [0.4, 0.5) is 11.4 Å². The van der Waals surface area contributed by atoms with Crippen LogP contribution < -0.4 is 5.32 Å². The predicted molar refractivity (Wildman–Crippen MR) is 191 cm³/mol. The van der Waals surface area contributed by atoms with Crippen molar-refractivity contribution in [1.29, 1.82) is 0 Å². The van der Waals surface area contributed by atoms with Crippen LogP contribution in [0.3, 0.4) is 0 Å². The van der Waals surface area contributed by atoms with E-state index in [0.717, 1.165) is 11.4 Å². The zero-order chi connectivity index (χ0) is 30.1. The van der Waals surface area contributed by atoms with Gasteiger partial charge in [0.1, 0.15) is 0 Å². The van der Waals surface area contributed by atoms with Gasteiger partial charge in [-0.2, -0.15) is 0 Å². The van der Waals surface area contributed by atoms with Crippen molar-refractivity contribution in [2.45, 2.75) is 19.3 Å². The summed E-state index contributed by atoms with van der Waals surface area (Å²) in [6, 6.07) is 55.2. The molecule has 7 aromatic carbocycles. The first-order valence-electron chi connectivity index (χ1n) is 15.7. The number of nitrogens with one attached hydrogen (secondary N) is 1. The molecule has 0 fully saturated rings. The van der Waals surface area contributed by atoms with Crippen molar-refractivity contribution in [3.8, 4) is 27.9 Å². The van der Waals surface area contributed by atoms with Gasteiger partial charge in [-0.25, -0.2) is 0 Å². The van der Waals surface area contributed by atoms with Crippen LogP contribution >= 0.6 is 0 Å². The fraction of sp³-hybridized carbons (Fsp3) is 0.0698. The van der Waals surface area contributed by atoms with Crippen LogP contribution in [-0.4, -0.2) is 4.57 Å². The molecule has 0 amide bonds. The van der Waals surface area contributed by atoms with Crippen LogP contribution in [0.15, 0.2) is 152 Å². The van der Waals surface area contributed by atoms with Gasteiger partial charge in [0, 0.05) is 38.5 Å². The fourth-order valence-electron chi connectivity index (χ4n) is 7.68. The first kappa shape index (κ1) is 25.9. The quantitative estimate of drug-likeness (QED) is 0.220. The fourth-order valence-corrected chi connectivity index (χ4v) is 7.68. The Bertz CT molecular complexity index is 2390. The highest BCUT2D eigenvalue weighted by Gasteiger charge is 2.35. The third kappa shape index (κ3) is 3.82. The molecule has 0 atom stereocenters. The zero-order valence-corrected chi connectivity index (χ0v) is 25.4. The first-order chi connectivity index (χ1) is 22.1. The molecule has 0 aliphatic heterocycles. The maximum Gasteiger partial charge on any atom is 0.0541 e. The Morgan fingerprint density at radius 2 is 1.02 bits per heavy atom. The van der Waals surface area contributed by atoms with Crippen LogP contribution in [0.2, 0.25) is 0 Å². The van der Waals surface area contributed by atoms with Gasteiger partial charge in [0.2, 0.25) is 0 Å². The average molecular weight is 577 g/mol. The first-order valence-corrected chi connectivity index (χ1v) is 15.7. The van der Waals surface area contributed by atoms with E-state index in [4.69, 9.17) is 0 Å². The summed E-state index contributed by atoms with van der Waals surface area (Å²) in [5, 5.41) is 8.82. The number of hydrogen-bond acceptors (Lipinski definition) is 1. The van der Waals surface area contributed by atoms with Crippen molar-refractivity contribution in [1.82, 2.24) is 4.57 Å². The molecule has 0 spiro atoms. The summed E-state index contributed by atoms with van der Waals surface area (Å²) in [5.41, 5.74) is 13.7. The molecule has 0 saturated heterocycles. The van der Waals surface area contributed by atoms with Crippen LogP contribution in [0.25, 0.3) is 60.5 Å². The topological polar surface area (TPSA) is 17.0 Å². The summed E-state index contributed by atoms with van der Waals surface area (Å²) in [6.07, 6.45) is 0. The molecule has 2 nitrogen and oxygen atoms in total. The van der Waals surface area contributed by atoms with Gasteiger partial charge in [0.25, 0.3) is 0 Å². The monoisotopic (exact) mass is 576 g/mol. The number of nitrogens with zero attached hydrogens (tertiary/aromatic N) is 1. The SMILES string of the molecule is CC1(C)c2ccccc2-c2cc(Nc3ccccc3-c3ccc(-n4c5ccccc5c5ccccc54)c4ccccc34)ccc21. The molecular formula is C43H32N2. The van der Waals surface area contributed by atoms with Gasteiger partial charge in [-0.05, 0) is 69.6 Å². The lowest BCUT2D eigenvalue weighted by Crippen LogP contribution is -2.14. The Morgan fingerprint density at radius 1 is 0.444 bits per heavy atom. The molecule has 45 heavy (non-hydrogen) atoms. The molecule has 0 saturated carbocycles. The summed E-state index contributed by atoms with van der Waals surface area (Å²) in [6.45, 7) is 4.66. The largest absolute Gasteiger partial charge is 0.355 e. The molecular weight excluding hydrogens is 544 g/mol. The van der Waals surface area contributed by atoms with E-state index >= 15 is 0 Å². The second-order valence-electron chi connectivity index (χ2n) is 12.6. The van der Waals surface area contributed by atoms with Crippen LogP contribution in [0.1, 0.15) is 25.0 Å². The average Bonchev–Trinajstić information content (AvgIpc) is 3.53. The lowest BCUT2D eigenvalue weighted by Gasteiger charge is -2.21. The van der Waals surface area contributed by atoms with E-state index in [1.807, 2.05) is 0 Å². The zero-order valence-electron chi connectivity index (χ0n) is 25.4. The van der Waals surface area contributed by atoms with Crippen LogP contribution in [0.5, 0.6) is 0 Å². The molecule has 8 aromatic rings. The number of para-hydroxylation sites is 3. The van der Waals surface area contributed by atoms with E-state index in [1.165, 1.54) is 71.6 Å². The number of fused-ring (bicyclic) bond motifs is 7. The van der Waals surface area contributed by atoms with Crippen molar-refractivity contribution in [2.75, 3.05) is 5.32 Å². The molecule has 1 aromatic heterocycles. The van der Waals surface area contributed by atoms with Gasteiger partial charge in [0.05, 0.1) is 16.7 Å². The highest BCUT2D eigenvalue weighted by atomic mass is 15.0. The molecule has 214 valence electrons. The van der Waals surface area contributed by atoms with Crippen molar-refractivity contribution in [3.05, 3.63) is 163 Å². The Hall–Kier alpha value is -5.60. The predicted octanol–water partition coefficient (Wildman–Crippen LogP) is 11.7. The normalized spacial score (nSPS) is 13.3. The standard InChI is InChI=1S/C43H32N2/c1-43(2)37-19-9-5-14-31(37)36-27-28(23-25-38(36)43)44-39-20-10-6-15-32(39)30-24-26-42(33-16-4-3-13-29(30)33)45-40-21-11-7-17-34(40)35-18-8-12-22-41(35)45/h3-27,44H,1-2H3. The minimum Gasteiger partial charge on any atom is -0.355 e. The number of hydrogen-bond donors (Lipinski definition) is 1. The van der Waals surface area contributed by atoms with Gasteiger partial charge in [-0.1, -0.05) is 129 Å². The molecule has 0 radical (unpaired) electrons. The van der Waals surface area contributed by atoms with Gasteiger partial charge in [-0.3, -0.25) is 0 Å². The Morgan fingerprint density at radius 3 is 1.78 bits per heavy atom. The Kier molecular flexibility index (Phi) is 5.58. The Labute approximate surface area is 263 Å². The maximum atomic E-state index is 3.81. The molecule has 1 N–H and O–H groups in total. The summed E-state index contributed by atoms with van der Waals surface area (Å²) < 4.78 is 2.42. The second kappa shape index (κ2) is 9.70. The molecule has 0 bridgehead atoms. The van der Waals surface area contributed by atoms with Crippen molar-refractivity contribution < 1.29 is 0 Å². The summed E-state index contributed by atoms with van der Waals surface area (Å²) in [7, 11) is 0. The minimum absolute atomic E-state index is 0.000601. The van der Waals surface area contributed by atoms with Gasteiger partial charge < -0.3 is 9.88 Å². The lowest BCUT2D eigenvalue weighted by molar-refractivity contribution is 0.660. The van der Waals surface area contributed by atoms with E-state index in [0.29, 0.717) is 0 Å². The van der Waals surface area contributed by atoms with E-state index in [-0.39, 0.29) is 5.41 Å². The number of aromatic nitrogens is 1. The molecule has 1 aliphatic rings. The van der Waals surface area contributed by atoms with Gasteiger partial charge in [0.15, 0.2) is 0 Å². The highest BCUT2D eigenvalue weighted by molar-refractivity contribution is 6.12. The van der Waals surface area contributed by atoms with E-state index in [2.05, 4.69) is 175 Å². The molecule has 2 heteroatoms. The molecule has 0 unspecified atom stereocenters. The lowest BCUT2D eigenvalue weighted by atomic mass is 9.82. The Balaban J connectivity index is 1.19. The number of anilines is 2. The number of benzene rings is 7. The smallest absolute Gasteiger partial charge is 0.0541 e. The van der Waals surface area contributed by atoms with Crippen molar-refractivity contribution in [3.63, 3.8) is 0 Å². The van der Waals surface area contributed by atoms with E-state index in [1.54, 1.807) is 0 Å². The molecule has 1 heterocycles. The minimum atomic E-state index is -0.000601. The summed E-state index contributed by atoms with van der Waals surface area (Å²) in [5.74, 6) is 0. The maximum absolute atomic E-state index is 3.81. The van der Waals surface area contributed by atoms with Gasteiger partial charge >= 0.3 is 0 Å². The van der Waals surface area contributed by atoms with Crippen LogP contribution in [0, 0.1) is 0 Å². The third-order valence-electron chi connectivity index (χ3n) is 9.80. The molecule has 9 rings (SSSR count). The summed E-state index contributed by atoms with van der Waals surface area (Å²) in [4.78, 5) is 0. The highest BCUT2D eigenvalue weighted by Crippen LogP contribution is 2.49. The molecule has 1 aliphatic carbocycles. The summed E-state index contributed by atoms with van der Waals surface area (Å²) >= 11 is 0. The van der Waals surface area contributed by atoms with E-state index < -0.39 is 0 Å². The second-order valence-corrected chi connectivity index (χ2v) is 12.6. The van der Waals surface area contributed by atoms with Crippen LogP contribution in [-0.2, 0) is 5.41 Å². The van der Waals surface area contributed by atoms with Crippen molar-refractivity contribution >= 4 is 44.0 Å². The third-order valence-corrected chi connectivity index (χ3v) is 9.80. The number of rotatable bonds is 4. The van der Waals surface area contributed by atoms with Gasteiger partial charge in [-0.15, -0.1) is 0 Å². The van der Waals surface area contributed by atoms with E-state index in [9.17, 15) is 0 Å². The van der Waals surface area contributed by atoms with Crippen molar-refractivity contribution in [2.24, 2.45) is 0 Å².